The van der Waals surface area contributed by atoms with Gasteiger partial charge in [-0.2, -0.15) is 0 Å². The maximum atomic E-state index is 5.92. The van der Waals surface area contributed by atoms with Crippen LogP contribution >= 0.6 is 0 Å². The van der Waals surface area contributed by atoms with Crippen LogP contribution in [0.1, 0.15) is 26.2 Å². The summed E-state index contributed by atoms with van der Waals surface area (Å²) in [6, 6.07) is 0. The third-order valence-corrected chi connectivity index (χ3v) is 4.32. The molecule has 0 aliphatic carbocycles. The molecule has 1 atom stereocenters. The molecule has 4 nitrogen and oxygen atoms in total. The first-order valence-corrected chi connectivity index (χ1v) is 8.01. The van der Waals surface area contributed by atoms with Gasteiger partial charge >= 0.3 is 0 Å². The lowest BCUT2D eigenvalue weighted by molar-refractivity contribution is -0.0377. The molecule has 0 spiro atoms. The molecule has 2 fully saturated rings. The van der Waals surface area contributed by atoms with E-state index in [1.165, 1.54) is 45.4 Å². The van der Waals surface area contributed by atoms with E-state index >= 15 is 0 Å². The number of rotatable bonds is 6. The van der Waals surface area contributed by atoms with Crippen molar-refractivity contribution in [2.75, 3.05) is 59.5 Å². The molecule has 0 aromatic carbocycles. The van der Waals surface area contributed by atoms with E-state index in [0.717, 1.165) is 32.2 Å². The van der Waals surface area contributed by atoms with Crippen molar-refractivity contribution >= 4 is 0 Å². The molecule has 1 unspecified atom stereocenters. The first kappa shape index (κ1) is 15.2. The average molecular weight is 269 g/mol. The molecule has 2 saturated heterocycles. The molecule has 2 aliphatic rings. The molecule has 0 amide bonds. The minimum atomic E-state index is 0.409. The molecule has 0 bridgehead atoms. The Morgan fingerprint density at radius 1 is 1.26 bits per heavy atom. The smallest absolute Gasteiger partial charge is 0.0829 e. The third kappa shape index (κ3) is 5.38. The minimum Gasteiger partial charge on any atom is -0.374 e. The second kappa shape index (κ2) is 8.20. The second-order valence-corrected chi connectivity index (χ2v) is 6.21. The third-order valence-electron chi connectivity index (χ3n) is 4.32. The molecule has 4 heteroatoms. The normalized spacial score (nSPS) is 27.0. The van der Waals surface area contributed by atoms with Gasteiger partial charge in [-0.1, -0.05) is 6.92 Å². The molecule has 2 aliphatic heterocycles. The van der Waals surface area contributed by atoms with Crippen LogP contribution in [0.3, 0.4) is 0 Å². The first-order chi connectivity index (χ1) is 9.28. The van der Waals surface area contributed by atoms with Crippen LogP contribution in [0.25, 0.3) is 0 Å². The number of ether oxygens (including phenoxy) is 1. The standard InChI is InChI=1S/C15H31N3O/c1-3-8-18(11-14-4-6-16-7-5-14)13-15-12-17(2)9-10-19-15/h14-16H,3-13H2,1-2H3. The number of nitrogens with one attached hydrogen (secondary N) is 1. The van der Waals surface area contributed by atoms with E-state index in [9.17, 15) is 0 Å². The Labute approximate surface area is 118 Å². The van der Waals surface area contributed by atoms with Gasteiger partial charge in [0.2, 0.25) is 0 Å². The zero-order chi connectivity index (χ0) is 13.5. The first-order valence-electron chi connectivity index (χ1n) is 8.01. The molecule has 0 aromatic heterocycles. The summed E-state index contributed by atoms with van der Waals surface area (Å²) in [6.45, 7) is 11.3. The van der Waals surface area contributed by atoms with Gasteiger partial charge in [0.1, 0.15) is 0 Å². The van der Waals surface area contributed by atoms with Crippen LogP contribution in [0.15, 0.2) is 0 Å². The number of morpholine rings is 1. The summed E-state index contributed by atoms with van der Waals surface area (Å²) in [4.78, 5) is 5.03. The quantitative estimate of drug-likeness (QED) is 0.779. The van der Waals surface area contributed by atoms with Gasteiger partial charge in [-0.05, 0) is 51.9 Å². The number of nitrogens with zero attached hydrogens (tertiary/aromatic N) is 2. The molecule has 0 saturated carbocycles. The molecule has 19 heavy (non-hydrogen) atoms. The van der Waals surface area contributed by atoms with Crippen LogP contribution in [-0.4, -0.2) is 75.4 Å². The molecule has 1 N–H and O–H groups in total. The topological polar surface area (TPSA) is 27.7 Å². The lowest BCUT2D eigenvalue weighted by atomic mass is 9.97. The van der Waals surface area contributed by atoms with E-state index in [1.54, 1.807) is 0 Å². The van der Waals surface area contributed by atoms with E-state index in [4.69, 9.17) is 4.74 Å². The monoisotopic (exact) mass is 269 g/mol. The van der Waals surface area contributed by atoms with Gasteiger partial charge in [0.05, 0.1) is 12.7 Å². The number of hydrogen-bond acceptors (Lipinski definition) is 4. The fraction of sp³-hybridized carbons (Fsp3) is 1.00. The fourth-order valence-corrected chi connectivity index (χ4v) is 3.27. The Morgan fingerprint density at radius 2 is 2.05 bits per heavy atom. The van der Waals surface area contributed by atoms with Crippen molar-refractivity contribution in [2.24, 2.45) is 5.92 Å². The van der Waals surface area contributed by atoms with E-state index < -0.39 is 0 Å². The van der Waals surface area contributed by atoms with E-state index in [1.807, 2.05) is 0 Å². The summed E-state index contributed by atoms with van der Waals surface area (Å²) in [5.74, 6) is 0.883. The van der Waals surface area contributed by atoms with Crippen LogP contribution in [0.4, 0.5) is 0 Å². The highest BCUT2D eigenvalue weighted by atomic mass is 16.5. The van der Waals surface area contributed by atoms with Gasteiger partial charge in [0, 0.05) is 26.2 Å². The Morgan fingerprint density at radius 3 is 2.74 bits per heavy atom. The van der Waals surface area contributed by atoms with Crippen molar-refractivity contribution in [1.29, 1.82) is 0 Å². The predicted octanol–water partition coefficient (Wildman–Crippen LogP) is 1.03. The molecular formula is C15H31N3O. The Balaban J connectivity index is 1.77. The number of likely N-dealkylation sites (N-methyl/N-ethyl adjacent to an activating group) is 1. The summed E-state index contributed by atoms with van der Waals surface area (Å²) < 4.78 is 5.92. The molecule has 2 heterocycles. The summed E-state index contributed by atoms with van der Waals surface area (Å²) in [5, 5.41) is 3.46. The summed E-state index contributed by atoms with van der Waals surface area (Å²) >= 11 is 0. The van der Waals surface area contributed by atoms with Crippen molar-refractivity contribution in [3.05, 3.63) is 0 Å². The average Bonchev–Trinajstić information content (AvgIpc) is 2.40. The molecule has 2 rings (SSSR count). The molecule has 112 valence electrons. The van der Waals surface area contributed by atoms with Crippen molar-refractivity contribution in [2.45, 2.75) is 32.3 Å². The van der Waals surface area contributed by atoms with Crippen molar-refractivity contribution in [1.82, 2.24) is 15.1 Å². The van der Waals surface area contributed by atoms with Crippen molar-refractivity contribution in [3.63, 3.8) is 0 Å². The van der Waals surface area contributed by atoms with Gasteiger partial charge < -0.3 is 19.9 Å². The SMILES string of the molecule is CCCN(CC1CCNCC1)CC1CN(C)CCO1. The molecule has 0 radical (unpaired) electrons. The van der Waals surface area contributed by atoms with Crippen molar-refractivity contribution in [3.8, 4) is 0 Å². The van der Waals surface area contributed by atoms with Gasteiger partial charge in [0.15, 0.2) is 0 Å². The highest BCUT2D eigenvalue weighted by Gasteiger charge is 2.22. The highest BCUT2D eigenvalue weighted by molar-refractivity contribution is 4.77. The van der Waals surface area contributed by atoms with Crippen molar-refractivity contribution < 1.29 is 4.74 Å². The Bertz CT molecular complexity index is 244. The van der Waals surface area contributed by atoms with Gasteiger partial charge in [-0.3, -0.25) is 0 Å². The van der Waals surface area contributed by atoms with E-state index in [-0.39, 0.29) is 0 Å². The van der Waals surface area contributed by atoms with Crippen LogP contribution in [0.2, 0.25) is 0 Å². The fourth-order valence-electron chi connectivity index (χ4n) is 3.27. The summed E-state index contributed by atoms with van der Waals surface area (Å²) in [5.41, 5.74) is 0. The summed E-state index contributed by atoms with van der Waals surface area (Å²) in [6.07, 6.45) is 4.33. The Kier molecular flexibility index (Phi) is 6.57. The molecular weight excluding hydrogens is 238 g/mol. The van der Waals surface area contributed by atoms with Crippen LogP contribution < -0.4 is 5.32 Å². The van der Waals surface area contributed by atoms with E-state index in [0.29, 0.717) is 6.10 Å². The van der Waals surface area contributed by atoms with Crippen LogP contribution in [-0.2, 0) is 4.74 Å². The van der Waals surface area contributed by atoms with Gasteiger partial charge in [-0.15, -0.1) is 0 Å². The van der Waals surface area contributed by atoms with Crippen LogP contribution in [0, 0.1) is 5.92 Å². The number of hydrogen-bond donors (Lipinski definition) is 1. The lowest BCUT2D eigenvalue weighted by Gasteiger charge is -2.36. The highest BCUT2D eigenvalue weighted by Crippen LogP contribution is 2.15. The largest absolute Gasteiger partial charge is 0.374 e. The lowest BCUT2D eigenvalue weighted by Crippen LogP contribution is -2.47. The van der Waals surface area contributed by atoms with Gasteiger partial charge in [0.25, 0.3) is 0 Å². The maximum Gasteiger partial charge on any atom is 0.0829 e. The molecule has 0 aromatic rings. The van der Waals surface area contributed by atoms with E-state index in [2.05, 4.69) is 29.1 Å². The second-order valence-electron chi connectivity index (χ2n) is 6.21. The number of piperidine rings is 1. The van der Waals surface area contributed by atoms with Gasteiger partial charge in [-0.25, -0.2) is 0 Å². The maximum absolute atomic E-state index is 5.92. The summed E-state index contributed by atoms with van der Waals surface area (Å²) in [7, 11) is 2.20. The zero-order valence-corrected chi connectivity index (χ0v) is 12.7. The predicted molar refractivity (Wildman–Crippen MR) is 79.6 cm³/mol. The Hall–Kier alpha value is -0.160. The zero-order valence-electron chi connectivity index (χ0n) is 12.7. The minimum absolute atomic E-state index is 0.409. The van der Waals surface area contributed by atoms with Crippen LogP contribution in [0.5, 0.6) is 0 Å².